The van der Waals surface area contributed by atoms with E-state index in [0.29, 0.717) is 38.5 Å². The number of morpholine rings is 1. The van der Waals surface area contributed by atoms with E-state index >= 15 is 0 Å². The summed E-state index contributed by atoms with van der Waals surface area (Å²) in [4.78, 5) is 1.93. The zero-order valence-electron chi connectivity index (χ0n) is 11.5. The first-order valence-electron chi connectivity index (χ1n) is 6.76. The quantitative estimate of drug-likeness (QED) is 0.922. The Balaban J connectivity index is 2.27. The van der Waals surface area contributed by atoms with Crippen molar-refractivity contribution in [2.24, 2.45) is 0 Å². The average Bonchev–Trinajstić information content (AvgIpc) is 2.45. The number of nitrogens with one attached hydrogen (secondary N) is 1. The van der Waals surface area contributed by atoms with Gasteiger partial charge >= 0.3 is 6.18 Å². The van der Waals surface area contributed by atoms with Gasteiger partial charge in [-0.3, -0.25) is 0 Å². The van der Waals surface area contributed by atoms with Crippen molar-refractivity contribution in [3.05, 3.63) is 29.3 Å². The van der Waals surface area contributed by atoms with Crippen LogP contribution in [0.5, 0.6) is 0 Å². The van der Waals surface area contributed by atoms with Gasteiger partial charge in [-0.2, -0.15) is 13.2 Å². The Kier molecular flexibility index (Phi) is 4.88. The fraction of sp³-hybridized carbons (Fsp3) is 0.571. The summed E-state index contributed by atoms with van der Waals surface area (Å²) < 4.78 is 44.7. The van der Waals surface area contributed by atoms with Crippen molar-refractivity contribution in [3.8, 4) is 0 Å². The number of alkyl halides is 3. The van der Waals surface area contributed by atoms with E-state index < -0.39 is 11.7 Å². The Bertz CT molecular complexity index is 443. The first kappa shape index (κ1) is 15.1. The molecule has 0 spiro atoms. The normalized spacial score (nSPS) is 16.5. The monoisotopic (exact) mass is 288 g/mol. The molecule has 0 saturated carbocycles. The molecule has 1 aliphatic heterocycles. The number of hydrogen-bond acceptors (Lipinski definition) is 3. The summed E-state index contributed by atoms with van der Waals surface area (Å²) >= 11 is 0. The lowest BCUT2D eigenvalue weighted by Gasteiger charge is -2.29. The number of rotatable bonds is 4. The fourth-order valence-electron chi connectivity index (χ4n) is 2.26. The lowest BCUT2D eigenvalue weighted by atomic mass is 10.0. The predicted molar refractivity (Wildman–Crippen MR) is 71.9 cm³/mol. The third-order valence-corrected chi connectivity index (χ3v) is 3.34. The van der Waals surface area contributed by atoms with Crippen molar-refractivity contribution in [2.45, 2.75) is 19.6 Å². The van der Waals surface area contributed by atoms with Crippen LogP contribution in [0.15, 0.2) is 18.2 Å². The molecule has 1 N–H and O–H groups in total. The van der Waals surface area contributed by atoms with Crippen LogP contribution in [0.4, 0.5) is 18.9 Å². The molecule has 1 heterocycles. The van der Waals surface area contributed by atoms with E-state index in [4.69, 9.17) is 4.74 Å². The molecule has 1 saturated heterocycles. The molecular weight excluding hydrogens is 269 g/mol. The van der Waals surface area contributed by atoms with Gasteiger partial charge in [-0.15, -0.1) is 0 Å². The van der Waals surface area contributed by atoms with Crippen LogP contribution in [0.2, 0.25) is 0 Å². The van der Waals surface area contributed by atoms with Crippen molar-refractivity contribution in [2.75, 3.05) is 37.7 Å². The third-order valence-electron chi connectivity index (χ3n) is 3.34. The number of hydrogen-bond donors (Lipinski definition) is 1. The Morgan fingerprint density at radius 2 is 1.95 bits per heavy atom. The molecule has 20 heavy (non-hydrogen) atoms. The van der Waals surface area contributed by atoms with E-state index in [1.807, 2.05) is 11.8 Å². The Hall–Kier alpha value is -1.27. The largest absolute Gasteiger partial charge is 0.416 e. The van der Waals surface area contributed by atoms with E-state index in [0.717, 1.165) is 0 Å². The summed E-state index contributed by atoms with van der Waals surface area (Å²) in [5.74, 6) is 0. The molecular formula is C14H19F3N2O. The van der Waals surface area contributed by atoms with Gasteiger partial charge < -0.3 is 15.0 Å². The van der Waals surface area contributed by atoms with E-state index in [1.54, 1.807) is 12.1 Å². The summed E-state index contributed by atoms with van der Waals surface area (Å²) in [6.45, 7) is 5.11. The van der Waals surface area contributed by atoms with Gasteiger partial charge in [-0.05, 0) is 24.2 Å². The van der Waals surface area contributed by atoms with E-state index in [1.165, 1.54) is 6.07 Å². The molecule has 0 aliphatic carbocycles. The summed E-state index contributed by atoms with van der Waals surface area (Å²) in [5, 5.41) is 2.94. The van der Waals surface area contributed by atoms with Gasteiger partial charge in [0.05, 0.1) is 18.8 Å². The zero-order valence-corrected chi connectivity index (χ0v) is 11.5. The first-order chi connectivity index (χ1) is 9.52. The maximum atomic E-state index is 13.2. The third kappa shape index (κ3) is 3.64. The SMILES string of the molecule is CCNCc1ccc(N2CCOCC2)cc1C(F)(F)F. The van der Waals surface area contributed by atoms with Crippen LogP contribution in [-0.4, -0.2) is 32.8 Å². The molecule has 112 valence electrons. The van der Waals surface area contributed by atoms with Crippen molar-refractivity contribution < 1.29 is 17.9 Å². The van der Waals surface area contributed by atoms with Crippen LogP contribution in [0.1, 0.15) is 18.1 Å². The number of halogens is 3. The van der Waals surface area contributed by atoms with Gasteiger partial charge in [-0.25, -0.2) is 0 Å². The first-order valence-corrected chi connectivity index (χ1v) is 6.76. The molecule has 0 radical (unpaired) electrons. The highest BCUT2D eigenvalue weighted by molar-refractivity contribution is 5.52. The maximum absolute atomic E-state index is 13.2. The molecule has 1 fully saturated rings. The van der Waals surface area contributed by atoms with Gasteiger partial charge in [0.25, 0.3) is 0 Å². The van der Waals surface area contributed by atoms with E-state index in [9.17, 15) is 13.2 Å². The Morgan fingerprint density at radius 1 is 1.25 bits per heavy atom. The van der Waals surface area contributed by atoms with Crippen molar-refractivity contribution in [1.82, 2.24) is 5.32 Å². The summed E-state index contributed by atoms with van der Waals surface area (Å²) in [6.07, 6.45) is -4.33. The molecule has 3 nitrogen and oxygen atoms in total. The second-order valence-electron chi connectivity index (χ2n) is 4.72. The minimum atomic E-state index is -4.33. The molecule has 6 heteroatoms. The van der Waals surface area contributed by atoms with Crippen LogP contribution in [0.3, 0.4) is 0 Å². The zero-order chi connectivity index (χ0) is 14.6. The molecule has 0 atom stereocenters. The molecule has 0 aromatic heterocycles. The Morgan fingerprint density at radius 3 is 2.55 bits per heavy atom. The molecule has 1 aliphatic rings. The van der Waals surface area contributed by atoms with Crippen molar-refractivity contribution >= 4 is 5.69 Å². The minimum Gasteiger partial charge on any atom is -0.378 e. The van der Waals surface area contributed by atoms with Crippen LogP contribution in [0.25, 0.3) is 0 Å². The van der Waals surface area contributed by atoms with Gasteiger partial charge in [0, 0.05) is 25.3 Å². The number of anilines is 1. The van der Waals surface area contributed by atoms with Gasteiger partial charge in [0.2, 0.25) is 0 Å². The molecule has 0 unspecified atom stereocenters. The second kappa shape index (κ2) is 6.45. The molecule has 0 bridgehead atoms. The lowest BCUT2D eigenvalue weighted by molar-refractivity contribution is -0.138. The van der Waals surface area contributed by atoms with Gasteiger partial charge in [0.1, 0.15) is 0 Å². The maximum Gasteiger partial charge on any atom is 0.416 e. The summed E-state index contributed by atoms with van der Waals surface area (Å²) in [6, 6.07) is 4.57. The molecule has 0 amide bonds. The smallest absolute Gasteiger partial charge is 0.378 e. The summed E-state index contributed by atoms with van der Waals surface area (Å²) in [5.41, 5.74) is 0.347. The lowest BCUT2D eigenvalue weighted by Crippen LogP contribution is -2.36. The average molecular weight is 288 g/mol. The molecule has 1 aromatic rings. The minimum absolute atomic E-state index is 0.231. The highest BCUT2D eigenvalue weighted by Crippen LogP contribution is 2.34. The topological polar surface area (TPSA) is 24.5 Å². The number of benzene rings is 1. The predicted octanol–water partition coefficient (Wildman–Crippen LogP) is 2.65. The highest BCUT2D eigenvalue weighted by Gasteiger charge is 2.33. The van der Waals surface area contributed by atoms with Crippen LogP contribution in [-0.2, 0) is 17.5 Å². The molecule has 1 aromatic carbocycles. The number of ether oxygens (including phenoxy) is 1. The standard InChI is InChI=1S/C14H19F3N2O/c1-2-18-10-11-3-4-12(9-13(11)14(15,16)17)19-5-7-20-8-6-19/h3-4,9,18H,2,5-8,10H2,1H3. The van der Waals surface area contributed by atoms with Crippen molar-refractivity contribution in [1.29, 1.82) is 0 Å². The van der Waals surface area contributed by atoms with Gasteiger partial charge in [-0.1, -0.05) is 13.0 Å². The Labute approximate surface area is 116 Å². The summed E-state index contributed by atoms with van der Waals surface area (Å²) in [7, 11) is 0. The number of nitrogens with zero attached hydrogens (tertiary/aromatic N) is 1. The molecule has 2 rings (SSSR count). The van der Waals surface area contributed by atoms with Crippen molar-refractivity contribution in [3.63, 3.8) is 0 Å². The highest BCUT2D eigenvalue weighted by atomic mass is 19.4. The fourth-order valence-corrected chi connectivity index (χ4v) is 2.26. The van der Waals surface area contributed by atoms with E-state index in [-0.39, 0.29) is 12.1 Å². The van der Waals surface area contributed by atoms with Crippen LogP contribution >= 0.6 is 0 Å². The second-order valence-corrected chi connectivity index (χ2v) is 4.72. The van der Waals surface area contributed by atoms with E-state index in [2.05, 4.69) is 5.32 Å². The van der Waals surface area contributed by atoms with Gasteiger partial charge in [0.15, 0.2) is 0 Å². The van der Waals surface area contributed by atoms with Crippen LogP contribution < -0.4 is 10.2 Å². The van der Waals surface area contributed by atoms with Crippen LogP contribution in [0, 0.1) is 0 Å².